The second-order valence-electron chi connectivity index (χ2n) is 3.86. The van der Waals surface area contributed by atoms with Crippen molar-refractivity contribution < 1.29 is 0 Å². The normalized spacial score (nSPS) is 11.3. The van der Waals surface area contributed by atoms with Gasteiger partial charge in [-0.05, 0) is 6.07 Å². The van der Waals surface area contributed by atoms with E-state index in [1.165, 1.54) is 0 Å². The number of nitrogens with one attached hydrogen (secondary N) is 2. The average Bonchev–Trinajstić information content (AvgIpc) is 3.05. The van der Waals surface area contributed by atoms with Gasteiger partial charge in [-0.25, -0.2) is 19.9 Å². The Labute approximate surface area is 101 Å². The molecule has 0 unspecified atom stereocenters. The fraction of sp³-hybridized carbons (Fsp3) is 0. The van der Waals surface area contributed by atoms with Gasteiger partial charge in [0.2, 0.25) is 0 Å². The number of fused-ring (bicyclic) bond motifs is 2. The Bertz CT molecular complexity index is 844. The summed E-state index contributed by atoms with van der Waals surface area (Å²) in [5.74, 6) is 0. The summed E-state index contributed by atoms with van der Waals surface area (Å²) >= 11 is 0. The van der Waals surface area contributed by atoms with E-state index in [1.807, 2.05) is 6.07 Å². The number of H-pyrrole nitrogens is 2. The number of pyridine rings is 2. The Hall–Kier alpha value is -2.76. The first kappa shape index (κ1) is 9.29. The van der Waals surface area contributed by atoms with Crippen LogP contribution >= 0.6 is 0 Å². The maximum absolute atomic E-state index is 4.30. The van der Waals surface area contributed by atoms with Crippen LogP contribution in [0.1, 0.15) is 0 Å². The van der Waals surface area contributed by atoms with Crippen molar-refractivity contribution in [3.8, 4) is 11.1 Å². The zero-order valence-electron chi connectivity index (χ0n) is 9.18. The molecular formula is C12H7N6. The Kier molecular flexibility index (Phi) is 1.74. The Balaban J connectivity index is 2.03. The molecule has 0 aromatic carbocycles. The molecule has 1 radical (unpaired) electrons. The molecule has 0 aliphatic rings. The number of nitrogens with zero attached hydrogens (tertiary/aromatic N) is 4. The van der Waals surface area contributed by atoms with E-state index >= 15 is 0 Å². The summed E-state index contributed by atoms with van der Waals surface area (Å²) in [6, 6.07) is 5.13. The topological polar surface area (TPSA) is 83.1 Å². The summed E-state index contributed by atoms with van der Waals surface area (Å²) in [5.41, 5.74) is 4.85. The molecule has 18 heavy (non-hydrogen) atoms. The summed E-state index contributed by atoms with van der Waals surface area (Å²) < 4.78 is 0. The van der Waals surface area contributed by atoms with Gasteiger partial charge in [-0.3, -0.25) is 0 Å². The molecule has 4 rings (SSSR count). The van der Waals surface area contributed by atoms with Crippen molar-refractivity contribution >= 4 is 22.3 Å². The van der Waals surface area contributed by atoms with Gasteiger partial charge in [0.25, 0.3) is 0 Å². The second kappa shape index (κ2) is 3.36. The first-order valence-electron chi connectivity index (χ1n) is 5.42. The van der Waals surface area contributed by atoms with E-state index in [9.17, 15) is 0 Å². The standard InChI is InChI=1S/C12H7N6/c1-2-13-12-10(16-6-18-12)8(1)7-3-9-11(14-4-7)17-5-15-9/h1-2,4-6H,(H,13,16,18)(H,14,15,17). The number of rotatable bonds is 1. The average molecular weight is 235 g/mol. The third-order valence-electron chi connectivity index (χ3n) is 2.81. The Morgan fingerprint density at radius 2 is 1.94 bits per heavy atom. The van der Waals surface area contributed by atoms with Crippen LogP contribution in [0.15, 0.2) is 31.1 Å². The van der Waals surface area contributed by atoms with Crippen LogP contribution in [-0.2, 0) is 0 Å². The minimum absolute atomic E-state index is 0.683. The lowest BCUT2D eigenvalue weighted by molar-refractivity contribution is 1.30. The second-order valence-corrected chi connectivity index (χ2v) is 3.86. The number of hydrogen-bond acceptors (Lipinski definition) is 4. The molecule has 4 aromatic rings. The summed E-state index contributed by atoms with van der Waals surface area (Å²) in [6.45, 7) is 0. The summed E-state index contributed by atoms with van der Waals surface area (Å²) in [4.78, 5) is 22.8. The van der Waals surface area contributed by atoms with Crippen molar-refractivity contribution in [1.29, 1.82) is 0 Å². The van der Waals surface area contributed by atoms with Gasteiger partial charge in [0, 0.05) is 29.6 Å². The largest absolute Gasteiger partial charge is 0.343 e. The molecule has 4 heterocycles. The molecule has 0 saturated heterocycles. The predicted octanol–water partition coefficient (Wildman–Crippen LogP) is 1.70. The highest BCUT2D eigenvalue weighted by atomic mass is 15.0. The molecule has 6 heteroatoms. The van der Waals surface area contributed by atoms with E-state index < -0.39 is 0 Å². The Morgan fingerprint density at radius 1 is 1.00 bits per heavy atom. The molecule has 0 bridgehead atoms. The maximum atomic E-state index is 4.30. The fourth-order valence-corrected chi connectivity index (χ4v) is 1.98. The monoisotopic (exact) mass is 235 g/mol. The number of hydrogen-bond donors (Lipinski definition) is 2. The minimum Gasteiger partial charge on any atom is -0.343 e. The summed E-state index contributed by atoms with van der Waals surface area (Å²) in [7, 11) is 0. The van der Waals surface area contributed by atoms with E-state index in [0.29, 0.717) is 5.65 Å². The molecule has 2 N–H and O–H groups in total. The van der Waals surface area contributed by atoms with Crippen molar-refractivity contribution in [2.75, 3.05) is 0 Å². The van der Waals surface area contributed by atoms with Crippen LogP contribution in [0.4, 0.5) is 0 Å². The van der Waals surface area contributed by atoms with Crippen molar-refractivity contribution in [3.05, 3.63) is 37.2 Å². The SMILES string of the molecule is [c]1c(-c2ccnc3nc[nH]c23)cnc2[nH]cnc12. The lowest BCUT2D eigenvalue weighted by Crippen LogP contribution is -1.86. The highest BCUT2D eigenvalue weighted by molar-refractivity contribution is 5.90. The molecule has 0 saturated carbocycles. The van der Waals surface area contributed by atoms with Crippen LogP contribution in [0.3, 0.4) is 0 Å². The van der Waals surface area contributed by atoms with E-state index in [-0.39, 0.29) is 0 Å². The number of imidazole rings is 2. The molecule has 85 valence electrons. The van der Waals surface area contributed by atoms with Gasteiger partial charge in [-0.15, -0.1) is 0 Å². The molecule has 0 aliphatic heterocycles. The van der Waals surface area contributed by atoms with Crippen LogP contribution < -0.4 is 0 Å². The smallest absolute Gasteiger partial charge is 0.178 e. The summed E-state index contributed by atoms with van der Waals surface area (Å²) in [5, 5.41) is 0. The highest BCUT2D eigenvalue weighted by Crippen LogP contribution is 2.25. The molecule has 0 spiro atoms. The van der Waals surface area contributed by atoms with Gasteiger partial charge < -0.3 is 9.97 Å². The lowest BCUT2D eigenvalue weighted by Gasteiger charge is -2.01. The molecule has 6 nitrogen and oxygen atoms in total. The third-order valence-corrected chi connectivity index (χ3v) is 2.81. The zero-order chi connectivity index (χ0) is 11.9. The first-order chi connectivity index (χ1) is 8.92. The summed E-state index contributed by atoms with van der Waals surface area (Å²) in [6.07, 6.45) is 6.72. The van der Waals surface area contributed by atoms with E-state index in [2.05, 4.69) is 36.0 Å². The lowest BCUT2D eigenvalue weighted by atomic mass is 10.1. The van der Waals surface area contributed by atoms with Crippen LogP contribution in [0.5, 0.6) is 0 Å². The maximum Gasteiger partial charge on any atom is 0.178 e. The molecule has 0 amide bonds. The molecular weight excluding hydrogens is 228 g/mol. The van der Waals surface area contributed by atoms with Crippen molar-refractivity contribution in [2.45, 2.75) is 0 Å². The minimum atomic E-state index is 0.683. The molecule has 0 fully saturated rings. The van der Waals surface area contributed by atoms with Crippen LogP contribution in [-0.4, -0.2) is 29.9 Å². The highest BCUT2D eigenvalue weighted by Gasteiger charge is 2.08. The van der Waals surface area contributed by atoms with Gasteiger partial charge in [0.15, 0.2) is 11.3 Å². The fourth-order valence-electron chi connectivity index (χ4n) is 1.98. The molecule has 0 atom stereocenters. The van der Waals surface area contributed by atoms with Crippen molar-refractivity contribution in [3.63, 3.8) is 0 Å². The number of aromatic amines is 2. The van der Waals surface area contributed by atoms with Crippen molar-refractivity contribution in [1.82, 2.24) is 29.9 Å². The van der Waals surface area contributed by atoms with Gasteiger partial charge in [0.1, 0.15) is 5.52 Å². The zero-order valence-corrected chi connectivity index (χ0v) is 9.18. The third kappa shape index (κ3) is 1.22. The van der Waals surface area contributed by atoms with Crippen LogP contribution in [0.2, 0.25) is 0 Å². The van der Waals surface area contributed by atoms with Gasteiger partial charge in [0.05, 0.1) is 18.2 Å². The van der Waals surface area contributed by atoms with Gasteiger partial charge in [-0.2, -0.15) is 0 Å². The van der Waals surface area contributed by atoms with E-state index in [1.54, 1.807) is 25.0 Å². The molecule has 4 aromatic heterocycles. The van der Waals surface area contributed by atoms with Crippen LogP contribution in [0.25, 0.3) is 33.5 Å². The van der Waals surface area contributed by atoms with Crippen LogP contribution in [0, 0.1) is 6.07 Å². The van der Waals surface area contributed by atoms with E-state index in [0.717, 1.165) is 27.8 Å². The number of aromatic nitrogens is 6. The van der Waals surface area contributed by atoms with E-state index in [4.69, 9.17) is 0 Å². The predicted molar refractivity (Wildman–Crippen MR) is 65.6 cm³/mol. The Morgan fingerprint density at radius 3 is 2.94 bits per heavy atom. The van der Waals surface area contributed by atoms with Crippen molar-refractivity contribution in [2.24, 2.45) is 0 Å². The molecule has 0 aliphatic carbocycles. The first-order valence-corrected chi connectivity index (χ1v) is 5.42. The van der Waals surface area contributed by atoms with Gasteiger partial charge in [-0.1, -0.05) is 0 Å². The quantitative estimate of drug-likeness (QED) is 0.526. The van der Waals surface area contributed by atoms with Gasteiger partial charge >= 0.3 is 0 Å².